The lowest BCUT2D eigenvalue weighted by Crippen LogP contribution is -2.37. The number of anilines is 1. The second kappa shape index (κ2) is 9.79. The minimum atomic E-state index is -0.615. The van der Waals surface area contributed by atoms with E-state index in [1.54, 1.807) is 18.5 Å². The molecule has 0 bridgehead atoms. The maximum atomic E-state index is 13.8. The molecule has 3 N–H and O–H groups in total. The van der Waals surface area contributed by atoms with Crippen LogP contribution < -0.4 is 16.2 Å². The van der Waals surface area contributed by atoms with Crippen molar-refractivity contribution in [3.63, 3.8) is 0 Å². The highest BCUT2D eigenvalue weighted by molar-refractivity contribution is 6.13. The molecule has 186 valence electrons. The van der Waals surface area contributed by atoms with E-state index in [0.717, 1.165) is 21.8 Å². The number of aromatic amines is 1. The van der Waals surface area contributed by atoms with Crippen molar-refractivity contribution in [2.75, 3.05) is 12.4 Å². The van der Waals surface area contributed by atoms with Crippen molar-refractivity contribution in [1.82, 2.24) is 19.9 Å². The van der Waals surface area contributed by atoms with E-state index in [1.807, 2.05) is 48.5 Å². The summed E-state index contributed by atoms with van der Waals surface area (Å²) in [5, 5.41) is 7.28. The van der Waals surface area contributed by atoms with E-state index >= 15 is 0 Å². The van der Waals surface area contributed by atoms with Crippen LogP contribution in [0, 0.1) is 5.82 Å². The Balaban J connectivity index is 1.63. The molecule has 1 atom stereocenters. The lowest BCUT2D eigenvalue weighted by molar-refractivity contribution is -0.117. The summed E-state index contributed by atoms with van der Waals surface area (Å²) < 4.78 is 15.1. The number of rotatable bonds is 6. The van der Waals surface area contributed by atoms with Crippen LogP contribution in [0.4, 0.5) is 10.1 Å². The molecule has 5 rings (SSSR count). The van der Waals surface area contributed by atoms with Gasteiger partial charge in [-0.1, -0.05) is 36.4 Å². The number of halogens is 1. The van der Waals surface area contributed by atoms with Crippen LogP contribution in [0.3, 0.4) is 0 Å². The summed E-state index contributed by atoms with van der Waals surface area (Å²) in [6.45, 7) is 1.65. The van der Waals surface area contributed by atoms with E-state index in [0.29, 0.717) is 5.56 Å². The topological polar surface area (TPSA) is 109 Å². The van der Waals surface area contributed by atoms with E-state index in [2.05, 4.69) is 20.6 Å². The molecule has 0 saturated carbocycles. The summed E-state index contributed by atoms with van der Waals surface area (Å²) >= 11 is 0. The number of para-hydroxylation sites is 2. The Hall–Kier alpha value is -4.63. The first-order valence-electron chi connectivity index (χ1n) is 11.8. The third-order valence-electron chi connectivity index (χ3n) is 6.33. The van der Waals surface area contributed by atoms with Crippen molar-refractivity contribution < 1.29 is 14.0 Å². The largest absolute Gasteiger partial charge is 0.319 e. The molecule has 0 radical (unpaired) electrons. The minimum absolute atomic E-state index is 0.103. The highest BCUT2D eigenvalue weighted by Crippen LogP contribution is 2.29. The lowest BCUT2D eigenvalue weighted by atomic mass is 10.1. The Kier molecular flexibility index (Phi) is 6.37. The van der Waals surface area contributed by atoms with E-state index in [1.165, 1.54) is 24.3 Å². The van der Waals surface area contributed by atoms with Gasteiger partial charge in [0.2, 0.25) is 11.8 Å². The molecule has 1 amide bonds. The molecule has 0 aliphatic carbocycles. The van der Waals surface area contributed by atoms with Crippen molar-refractivity contribution >= 4 is 39.3 Å². The fourth-order valence-electron chi connectivity index (χ4n) is 4.30. The Morgan fingerprint density at radius 1 is 0.973 bits per heavy atom. The number of likely N-dealkylation sites (N-methyl/N-ethyl adjacent to an activating group) is 1. The van der Waals surface area contributed by atoms with E-state index in [4.69, 9.17) is 0 Å². The molecule has 0 aliphatic rings. The van der Waals surface area contributed by atoms with Crippen LogP contribution in [0.5, 0.6) is 0 Å². The molecule has 0 fully saturated rings. The second-order valence-corrected chi connectivity index (χ2v) is 8.68. The fraction of sp³-hybridized carbons (Fsp3) is 0.143. The van der Waals surface area contributed by atoms with Gasteiger partial charge in [-0.3, -0.25) is 19.0 Å². The molecule has 2 aromatic heterocycles. The minimum Gasteiger partial charge on any atom is -0.319 e. The van der Waals surface area contributed by atoms with Crippen molar-refractivity contribution in [3.05, 3.63) is 94.7 Å². The number of hydrogen-bond acceptors (Lipinski definition) is 5. The Bertz CT molecular complexity index is 1650. The highest BCUT2D eigenvalue weighted by atomic mass is 19.1. The number of aromatic nitrogens is 3. The van der Waals surface area contributed by atoms with Gasteiger partial charge in [0, 0.05) is 16.3 Å². The molecule has 0 saturated heterocycles. The zero-order chi connectivity index (χ0) is 26.1. The van der Waals surface area contributed by atoms with Crippen LogP contribution in [-0.2, 0) is 11.2 Å². The standard InChI is InChI=1S/C28H24FN5O3/c1-16(30-2)27(36)32-25-21(31-26(33-28(25)37)17-11-13-18(29)14-12-17)15-24(35)34-22-9-5-3-7-19(22)20-8-4-6-10-23(20)34/h3-14,16,30H,15H2,1-2H3,(H,32,36)(H,31,33,37)/t16-/m0/s1. The summed E-state index contributed by atoms with van der Waals surface area (Å²) in [6.07, 6.45) is -0.260. The van der Waals surface area contributed by atoms with Crippen LogP contribution in [0.2, 0.25) is 0 Å². The first kappa shape index (κ1) is 24.1. The Morgan fingerprint density at radius 2 is 1.57 bits per heavy atom. The van der Waals surface area contributed by atoms with Gasteiger partial charge >= 0.3 is 0 Å². The van der Waals surface area contributed by atoms with Gasteiger partial charge in [-0.2, -0.15) is 0 Å². The molecule has 5 aromatic rings. The molecule has 0 unspecified atom stereocenters. The maximum Gasteiger partial charge on any atom is 0.275 e. The van der Waals surface area contributed by atoms with E-state index in [-0.39, 0.29) is 29.5 Å². The van der Waals surface area contributed by atoms with Gasteiger partial charge in [-0.25, -0.2) is 9.37 Å². The smallest absolute Gasteiger partial charge is 0.275 e. The Morgan fingerprint density at radius 3 is 2.16 bits per heavy atom. The van der Waals surface area contributed by atoms with Gasteiger partial charge < -0.3 is 15.6 Å². The zero-order valence-corrected chi connectivity index (χ0v) is 20.2. The third kappa shape index (κ3) is 4.52. The van der Waals surface area contributed by atoms with Crippen molar-refractivity contribution in [2.45, 2.75) is 19.4 Å². The average Bonchev–Trinajstić information content (AvgIpc) is 3.25. The molecule has 0 aliphatic heterocycles. The quantitative estimate of drug-likeness (QED) is 0.327. The summed E-state index contributed by atoms with van der Waals surface area (Å²) in [6, 6.07) is 20.0. The Labute approximate surface area is 211 Å². The fourth-order valence-corrected chi connectivity index (χ4v) is 4.30. The molecule has 2 heterocycles. The SMILES string of the molecule is CN[C@@H](C)C(=O)Nc1c(CC(=O)n2c3ccccc3c3ccccc32)nc(-c2ccc(F)cc2)[nH]c1=O. The van der Waals surface area contributed by atoms with Gasteiger partial charge in [-0.15, -0.1) is 0 Å². The predicted octanol–water partition coefficient (Wildman–Crippen LogP) is 4.11. The van der Waals surface area contributed by atoms with Gasteiger partial charge in [0.05, 0.1) is 29.2 Å². The molecule has 3 aromatic carbocycles. The number of H-pyrrole nitrogens is 1. The molecular formula is C28H24FN5O3. The normalized spacial score (nSPS) is 12.1. The third-order valence-corrected chi connectivity index (χ3v) is 6.33. The molecule has 8 nitrogen and oxygen atoms in total. The summed E-state index contributed by atoms with van der Waals surface area (Å²) in [4.78, 5) is 46.7. The average molecular weight is 498 g/mol. The van der Waals surface area contributed by atoms with Crippen LogP contribution in [0.25, 0.3) is 33.2 Å². The molecule has 9 heteroatoms. The number of fused-ring (bicyclic) bond motifs is 3. The maximum absolute atomic E-state index is 13.8. The number of benzene rings is 3. The van der Waals surface area contributed by atoms with Gasteiger partial charge in [-0.05, 0) is 50.4 Å². The number of nitrogens with one attached hydrogen (secondary N) is 3. The number of nitrogens with zero attached hydrogens (tertiary/aromatic N) is 2. The summed E-state index contributed by atoms with van der Waals surface area (Å²) in [5.74, 6) is -1.04. The van der Waals surface area contributed by atoms with Crippen molar-refractivity contribution in [3.8, 4) is 11.4 Å². The highest BCUT2D eigenvalue weighted by Gasteiger charge is 2.22. The molecule has 0 spiro atoms. The van der Waals surface area contributed by atoms with Gasteiger partial charge in [0.1, 0.15) is 17.3 Å². The van der Waals surface area contributed by atoms with Crippen molar-refractivity contribution in [2.24, 2.45) is 0 Å². The summed E-state index contributed by atoms with van der Waals surface area (Å²) in [7, 11) is 1.62. The zero-order valence-electron chi connectivity index (χ0n) is 20.2. The van der Waals surface area contributed by atoms with E-state index < -0.39 is 23.3 Å². The number of amides is 1. The first-order valence-corrected chi connectivity index (χ1v) is 11.8. The molecule has 37 heavy (non-hydrogen) atoms. The number of carbonyl (C=O) groups excluding carboxylic acids is 2. The van der Waals surface area contributed by atoms with Crippen LogP contribution in [0.1, 0.15) is 17.4 Å². The second-order valence-electron chi connectivity index (χ2n) is 8.68. The van der Waals surface area contributed by atoms with E-state index in [9.17, 15) is 18.8 Å². The van der Waals surface area contributed by atoms with Crippen LogP contribution in [-0.4, -0.2) is 39.4 Å². The number of carbonyl (C=O) groups is 2. The first-order chi connectivity index (χ1) is 17.9. The van der Waals surface area contributed by atoms with Gasteiger partial charge in [0.15, 0.2) is 0 Å². The monoisotopic (exact) mass is 497 g/mol. The predicted molar refractivity (Wildman–Crippen MR) is 141 cm³/mol. The lowest BCUT2D eigenvalue weighted by Gasteiger charge is -2.15. The molecular weight excluding hydrogens is 473 g/mol. The van der Waals surface area contributed by atoms with Crippen LogP contribution in [0.15, 0.2) is 77.6 Å². The van der Waals surface area contributed by atoms with Gasteiger partial charge in [0.25, 0.3) is 5.56 Å². The number of hydrogen-bond donors (Lipinski definition) is 3. The van der Waals surface area contributed by atoms with Crippen molar-refractivity contribution in [1.29, 1.82) is 0 Å². The summed E-state index contributed by atoms with van der Waals surface area (Å²) in [5.41, 5.74) is 1.30. The van der Waals surface area contributed by atoms with Crippen LogP contribution >= 0.6 is 0 Å².